The fourth-order valence-electron chi connectivity index (χ4n) is 3.51. The molecule has 34 heavy (non-hydrogen) atoms. The van der Waals surface area contributed by atoms with Crippen LogP contribution in [0.4, 0.5) is 5.69 Å². The van der Waals surface area contributed by atoms with Crippen LogP contribution in [0.1, 0.15) is 22.4 Å². The van der Waals surface area contributed by atoms with Gasteiger partial charge in [0.05, 0.1) is 43.8 Å². The van der Waals surface area contributed by atoms with E-state index in [0.29, 0.717) is 22.4 Å². The van der Waals surface area contributed by atoms with E-state index < -0.39 is 21.9 Å². The van der Waals surface area contributed by atoms with Crippen LogP contribution in [0.5, 0.6) is 5.75 Å². The van der Waals surface area contributed by atoms with Gasteiger partial charge in [-0.15, -0.1) is 0 Å². The van der Waals surface area contributed by atoms with Gasteiger partial charge >= 0.3 is 16.9 Å². The lowest BCUT2D eigenvalue weighted by molar-refractivity contribution is -0.387. The van der Waals surface area contributed by atoms with Gasteiger partial charge in [0, 0.05) is 24.4 Å². The summed E-state index contributed by atoms with van der Waals surface area (Å²) in [7, 11) is 3.25. The monoisotopic (exact) mass is 463 g/mol. The van der Waals surface area contributed by atoms with Gasteiger partial charge in [-0.3, -0.25) is 24.2 Å². The highest BCUT2D eigenvalue weighted by Crippen LogP contribution is 2.18. The number of furan rings is 1. The van der Waals surface area contributed by atoms with Gasteiger partial charge in [-0.05, 0) is 35.9 Å². The first kappa shape index (κ1) is 22.5. The Kier molecular flexibility index (Phi) is 6.26. The second-order valence-corrected chi connectivity index (χ2v) is 7.51. The Morgan fingerprint density at radius 1 is 1.09 bits per heavy atom. The van der Waals surface area contributed by atoms with Crippen molar-refractivity contribution in [1.29, 1.82) is 0 Å². The zero-order valence-corrected chi connectivity index (χ0v) is 18.5. The van der Waals surface area contributed by atoms with Gasteiger partial charge in [0.15, 0.2) is 0 Å². The topological polar surface area (TPSA) is 127 Å². The van der Waals surface area contributed by atoms with E-state index in [-0.39, 0.29) is 18.8 Å². The van der Waals surface area contributed by atoms with Crippen LogP contribution in [-0.4, -0.2) is 30.9 Å². The predicted octanol–water partition coefficient (Wildman–Crippen LogP) is 2.52. The Morgan fingerprint density at radius 3 is 2.41 bits per heavy atom. The summed E-state index contributed by atoms with van der Waals surface area (Å²) in [5.74, 6) is 0.607. The second kappa shape index (κ2) is 9.45. The molecule has 0 aliphatic rings. The van der Waals surface area contributed by atoms with Crippen molar-refractivity contribution >= 4 is 17.8 Å². The van der Waals surface area contributed by atoms with Crippen LogP contribution in [0, 0.1) is 10.1 Å². The zero-order chi connectivity index (χ0) is 24.2. The van der Waals surface area contributed by atoms with Gasteiger partial charge in [-0.2, -0.15) is 5.10 Å². The Morgan fingerprint density at radius 2 is 1.82 bits per heavy atom. The van der Waals surface area contributed by atoms with E-state index in [2.05, 4.69) is 5.10 Å². The van der Waals surface area contributed by atoms with Crippen molar-refractivity contribution in [3.8, 4) is 5.75 Å². The highest BCUT2D eigenvalue weighted by molar-refractivity contribution is 5.71. The van der Waals surface area contributed by atoms with Gasteiger partial charge in [0.25, 0.3) is 0 Å². The molecule has 174 valence electrons. The van der Waals surface area contributed by atoms with Gasteiger partial charge in [0.1, 0.15) is 11.4 Å². The van der Waals surface area contributed by atoms with E-state index in [9.17, 15) is 19.7 Å². The minimum atomic E-state index is -0.986. The second-order valence-electron chi connectivity index (χ2n) is 7.51. The van der Waals surface area contributed by atoms with Crippen LogP contribution in [0.3, 0.4) is 0 Å². The molecule has 0 saturated carbocycles. The molecule has 0 saturated heterocycles. The molecule has 0 fully saturated rings. The highest BCUT2D eigenvalue weighted by atomic mass is 16.6. The lowest BCUT2D eigenvalue weighted by Gasteiger charge is -2.14. The smallest absolute Gasteiger partial charge is 0.357 e. The van der Waals surface area contributed by atoms with E-state index in [1.54, 1.807) is 60.5 Å². The molecule has 1 aromatic carbocycles. The highest BCUT2D eigenvalue weighted by Gasteiger charge is 2.27. The van der Waals surface area contributed by atoms with E-state index in [4.69, 9.17) is 9.15 Å². The summed E-state index contributed by atoms with van der Waals surface area (Å²) < 4.78 is 13.8. The van der Waals surface area contributed by atoms with Crippen molar-refractivity contribution in [3.05, 3.63) is 109 Å². The zero-order valence-electron chi connectivity index (χ0n) is 18.5. The molecule has 0 N–H and O–H groups in total. The lowest BCUT2D eigenvalue weighted by Crippen LogP contribution is -2.42. The fourth-order valence-corrected chi connectivity index (χ4v) is 3.51. The van der Waals surface area contributed by atoms with Crippen LogP contribution in [0.2, 0.25) is 0 Å². The first-order chi connectivity index (χ1) is 16.4. The van der Waals surface area contributed by atoms with Gasteiger partial charge < -0.3 is 9.15 Å². The summed E-state index contributed by atoms with van der Waals surface area (Å²) in [5, 5.41) is 16.1. The Hall–Kier alpha value is -4.67. The molecule has 4 aromatic rings. The molecule has 3 aromatic heterocycles. The Labute approximate surface area is 192 Å². The van der Waals surface area contributed by atoms with Gasteiger partial charge in [0.2, 0.25) is 0 Å². The third-order valence-electron chi connectivity index (χ3n) is 5.20. The van der Waals surface area contributed by atoms with Gasteiger partial charge in [-0.25, -0.2) is 9.36 Å². The number of ether oxygens (including phenoxy) is 1. The molecule has 11 heteroatoms. The van der Waals surface area contributed by atoms with Crippen LogP contribution in [0.25, 0.3) is 12.2 Å². The maximum absolute atomic E-state index is 13.5. The van der Waals surface area contributed by atoms with Crippen molar-refractivity contribution in [1.82, 2.24) is 18.9 Å². The number of methoxy groups -OCH3 is 1. The average molecular weight is 463 g/mol. The summed E-state index contributed by atoms with van der Waals surface area (Å²) in [6.07, 6.45) is 9.08. The molecule has 3 heterocycles. The number of nitro groups is 1. The normalized spacial score (nSPS) is 11.2. The molecule has 0 amide bonds. The lowest BCUT2D eigenvalue weighted by atomic mass is 10.2. The van der Waals surface area contributed by atoms with E-state index >= 15 is 0 Å². The Balaban J connectivity index is 1.90. The maximum atomic E-state index is 13.5. The average Bonchev–Trinajstić information content (AvgIpc) is 3.49. The van der Waals surface area contributed by atoms with Crippen LogP contribution >= 0.6 is 0 Å². The first-order valence-corrected chi connectivity index (χ1v) is 10.2. The number of aromatic nitrogens is 4. The van der Waals surface area contributed by atoms with Crippen LogP contribution < -0.4 is 16.0 Å². The van der Waals surface area contributed by atoms with Crippen LogP contribution in [-0.2, 0) is 20.1 Å². The van der Waals surface area contributed by atoms with E-state index in [0.717, 1.165) is 4.57 Å². The number of hydrogen-bond donors (Lipinski definition) is 0. The molecule has 0 spiro atoms. The van der Waals surface area contributed by atoms with Crippen molar-refractivity contribution in [3.63, 3.8) is 0 Å². The maximum Gasteiger partial charge on any atom is 0.357 e. The fraction of sp³-hybridized carbons (Fsp3) is 0.174. The van der Waals surface area contributed by atoms with E-state index in [1.165, 1.54) is 30.3 Å². The van der Waals surface area contributed by atoms with Gasteiger partial charge in [-0.1, -0.05) is 12.1 Å². The molecule has 0 unspecified atom stereocenters. The standard InChI is InChI=1S/C23H21N5O6/c1-25-12-17(11-24-25)5-8-20-21(28(31)32)22(29)27(13-16-3-6-19(33-2)7-4-16)23(30)26(20)14-18-9-10-34-15-18/h3-12,15H,13-14H2,1-2H3/b8-5+. The number of hydrogen-bond acceptors (Lipinski definition) is 7. The SMILES string of the molecule is COc1ccc(Cn2c(=O)c([N+](=O)[O-])c(/C=C/c3cnn(C)c3)n(Cc3ccoc3)c2=O)cc1. The molecular formula is C23H21N5O6. The molecular weight excluding hydrogens is 442 g/mol. The summed E-state index contributed by atoms with van der Waals surface area (Å²) in [5.41, 5.74) is -0.599. The molecule has 0 radical (unpaired) electrons. The number of nitrogens with zero attached hydrogens (tertiary/aromatic N) is 5. The summed E-state index contributed by atoms with van der Waals surface area (Å²) in [6, 6.07) is 8.39. The van der Waals surface area contributed by atoms with Crippen molar-refractivity contribution in [2.75, 3.05) is 7.11 Å². The summed E-state index contributed by atoms with van der Waals surface area (Å²) in [6.45, 7) is -0.160. The van der Waals surface area contributed by atoms with E-state index in [1.807, 2.05) is 0 Å². The third-order valence-corrected chi connectivity index (χ3v) is 5.20. The number of benzene rings is 1. The molecule has 4 rings (SSSR count). The largest absolute Gasteiger partial charge is 0.497 e. The minimum Gasteiger partial charge on any atom is -0.497 e. The predicted molar refractivity (Wildman–Crippen MR) is 124 cm³/mol. The number of aryl methyl sites for hydroxylation is 1. The minimum absolute atomic E-state index is 0.0220. The van der Waals surface area contributed by atoms with Crippen molar-refractivity contribution in [2.45, 2.75) is 13.1 Å². The molecule has 0 atom stereocenters. The first-order valence-electron chi connectivity index (χ1n) is 10.2. The molecule has 11 nitrogen and oxygen atoms in total. The summed E-state index contributed by atoms with van der Waals surface area (Å²) in [4.78, 5) is 37.9. The molecule has 0 aliphatic heterocycles. The quantitative estimate of drug-likeness (QED) is 0.290. The molecule has 0 aliphatic carbocycles. The summed E-state index contributed by atoms with van der Waals surface area (Å²) >= 11 is 0. The van der Waals surface area contributed by atoms with Crippen LogP contribution in [0.15, 0.2) is 69.3 Å². The Bertz CT molecular complexity index is 1460. The number of rotatable bonds is 8. The molecule has 0 bridgehead atoms. The van der Waals surface area contributed by atoms with Crippen molar-refractivity contribution in [2.24, 2.45) is 7.05 Å². The van der Waals surface area contributed by atoms with Crippen molar-refractivity contribution < 1.29 is 14.1 Å². The third kappa shape index (κ3) is 4.58.